The molecule has 2 N–H and O–H groups in total. The molecule has 0 heterocycles. The first kappa shape index (κ1) is 19.1. The van der Waals surface area contributed by atoms with Gasteiger partial charge in [-0.3, -0.25) is 9.59 Å². The summed E-state index contributed by atoms with van der Waals surface area (Å²) >= 11 is 0. The molecule has 142 valence electrons. The number of carbonyl (C=O) groups is 2. The zero-order valence-corrected chi connectivity index (χ0v) is 15.9. The van der Waals surface area contributed by atoms with Gasteiger partial charge in [0.1, 0.15) is 0 Å². The highest BCUT2D eigenvalue weighted by molar-refractivity contribution is 7.89. The van der Waals surface area contributed by atoms with Crippen molar-refractivity contribution in [2.24, 2.45) is 0 Å². The summed E-state index contributed by atoms with van der Waals surface area (Å²) in [4.78, 5) is 26.0. The summed E-state index contributed by atoms with van der Waals surface area (Å²) in [5.41, 5.74) is 1.27. The van der Waals surface area contributed by atoms with Crippen LogP contribution in [0.3, 0.4) is 0 Å². The summed E-state index contributed by atoms with van der Waals surface area (Å²) in [5, 5.41) is 2.72. The van der Waals surface area contributed by atoms with E-state index in [1.54, 1.807) is 38.4 Å². The number of amides is 2. The molecule has 7 nitrogen and oxygen atoms in total. The molecule has 0 atom stereocenters. The quantitative estimate of drug-likeness (QED) is 0.793. The van der Waals surface area contributed by atoms with Crippen LogP contribution in [0.1, 0.15) is 33.6 Å². The number of hydrogen-bond acceptors (Lipinski definition) is 4. The molecule has 27 heavy (non-hydrogen) atoms. The molecular formula is C19H21N3O4S. The molecule has 1 aliphatic rings. The summed E-state index contributed by atoms with van der Waals surface area (Å²) in [7, 11) is -0.237. The molecule has 0 aromatic heterocycles. The predicted octanol–water partition coefficient (Wildman–Crippen LogP) is 2.08. The van der Waals surface area contributed by atoms with Gasteiger partial charge in [-0.25, -0.2) is 13.1 Å². The van der Waals surface area contributed by atoms with E-state index in [2.05, 4.69) is 10.0 Å². The third-order valence-electron chi connectivity index (χ3n) is 4.10. The summed E-state index contributed by atoms with van der Waals surface area (Å²) in [6, 6.07) is 12.4. The first-order chi connectivity index (χ1) is 12.8. The minimum atomic E-state index is -3.55. The van der Waals surface area contributed by atoms with Gasteiger partial charge in [0, 0.05) is 37.0 Å². The third kappa shape index (κ3) is 4.72. The van der Waals surface area contributed by atoms with Crippen molar-refractivity contribution in [2.45, 2.75) is 23.8 Å². The molecule has 3 rings (SSSR count). The van der Waals surface area contributed by atoms with E-state index in [9.17, 15) is 18.0 Å². The summed E-state index contributed by atoms with van der Waals surface area (Å²) in [6.07, 6.45) is 1.71. The van der Waals surface area contributed by atoms with Crippen molar-refractivity contribution in [1.82, 2.24) is 9.62 Å². The molecule has 0 radical (unpaired) electrons. The Hall–Kier alpha value is -2.71. The molecule has 0 aliphatic heterocycles. The Morgan fingerprint density at radius 3 is 2.26 bits per heavy atom. The second-order valence-electron chi connectivity index (χ2n) is 6.65. The van der Waals surface area contributed by atoms with Gasteiger partial charge >= 0.3 is 0 Å². The maximum Gasteiger partial charge on any atom is 0.255 e. The fourth-order valence-corrected chi connectivity index (χ4v) is 3.77. The Kier molecular flexibility index (Phi) is 5.29. The van der Waals surface area contributed by atoms with Gasteiger partial charge in [0.2, 0.25) is 10.0 Å². The van der Waals surface area contributed by atoms with E-state index in [1.807, 2.05) is 0 Å². The van der Waals surface area contributed by atoms with Crippen LogP contribution in [0.2, 0.25) is 0 Å². The Labute approximate surface area is 158 Å². The highest BCUT2D eigenvalue weighted by Gasteiger charge is 2.28. The first-order valence-corrected chi connectivity index (χ1v) is 10.00. The van der Waals surface area contributed by atoms with Gasteiger partial charge in [0.05, 0.1) is 4.90 Å². The van der Waals surface area contributed by atoms with E-state index in [-0.39, 0.29) is 22.8 Å². The second-order valence-corrected chi connectivity index (χ2v) is 8.37. The molecule has 2 aromatic carbocycles. The maximum absolute atomic E-state index is 12.4. The Balaban J connectivity index is 1.71. The van der Waals surface area contributed by atoms with Gasteiger partial charge in [-0.1, -0.05) is 6.07 Å². The maximum atomic E-state index is 12.4. The number of hydrogen-bond donors (Lipinski definition) is 2. The molecule has 0 spiro atoms. The van der Waals surface area contributed by atoms with Crippen LogP contribution in [-0.2, 0) is 10.0 Å². The number of benzene rings is 2. The highest BCUT2D eigenvalue weighted by atomic mass is 32.2. The standard InChI is InChI=1S/C19H21N3O4S/c1-22(2)19(24)14-4-3-5-16(12-14)20-18(23)13-6-10-17(11-7-13)27(25,26)21-15-8-9-15/h3-7,10-12,15,21H,8-9H2,1-2H3,(H,20,23). The number of sulfonamides is 1. The molecule has 8 heteroatoms. The van der Waals surface area contributed by atoms with Crippen molar-refractivity contribution in [3.8, 4) is 0 Å². The average Bonchev–Trinajstić information content (AvgIpc) is 3.44. The summed E-state index contributed by atoms with van der Waals surface area (Å²) < 4.78 is 26.9. The van der Waals surface area contributed by atoms with E-state index in [0.29, 0.717) is 16.8 Å². The van der Waals surface area contributed by atoms with E-state index < -0.39 is 10.0 Å². The fraction of sp³-hybridized carbons (Fsp3) is 0.263. The number of rotatable bonds is 6. The second kappa shape index (κ2) is 7.50. The van der Waals surface area contributed by atoms with Crippen molar-refractivity contribution < 1.29 is 18.0 Å². The minimum Gasteiger partial charge on any atom is -0.345 e. The lowest BCUT2D eigenvalue weighted by atomic mass is 10.1. The molecule has 0 bridgehead atoms. The van der Waals surface area contributed by atoms with Crippen LogP contribution in [0.25, 0.3) is 0 Å². The smallest absolute Gasteiger partial charge is 0.255 e. The van der Waals surface area contributed by atoms with Crippen molar-refractivity contribution >= 4 is 27.5 Å². The topological polar surface area (TPSA) is 95.6 Å². The monoisotopic (exact) mass is 387 g/mol. The first-order valence-electron chi connectivity index (χ1n) is 8.52. The van der Waals surface area contributed by atoms with Crippen molar-refractivity contribution in [3.63, 3.8) is 0 Å². The average molecular weight is 387 g/mol. The van der Waals surface area contributed by atoms with Crippen molar-refractivity contribution in [1.29, 1.82) is 0 Å². The Bertz CT molecular complexity index is 965. The zero-order valence-electron chi connectivity index (χ0n) is 15.1. The van der Waals surface area contributed by atoms with E-state index >= 15 is 0 Å². The van der Waals surface area contributed by atoms with Gasteiger partial charge < -0.3 is 10.2 Å². The molecule has 0 saturated heterocycles. The molecule has 1 aliphatic carbocycles. The van der Waals surface area contributed by atoms with Crippen LogP contribution in [0.4, 0.5) is 5.69 Å². The zero-order chi connectivity index (χ0) is 19.6. The van der Waals surface area contributed by atoms with E-state index in [0.717, 1.165) is 12.8 Å². The lowest BCUT2D eigenvalue weighted by molar-refractivity contribution is 0.0827. The lowest BCUT2D eigenvalue weighted by Crippen LogP contribution is -2.25. The largest absolute Gasteiger partial charge is 0.345 e. The predicted molar refractivity (Wildman–Crippen MR) is 102 cm³/mol. The van der Waals surface area contributed by atoms with Gasteiger partial charge in [-0.05, 0) is 55.3 Å². The van der Waals surface area contributed by atoms with Gasteiger partial charge in [0.15, 0.2) is 0 Å². The van der Waals surface area contributed by atoms with Crippen LogP contribution in [0.15, 0.2) is 53.4 Å². The number of nitrogens with one attached hydrogen (secondary N) is 2. The van der Waals surface area contributed by atoms with Crippen molar-refractivity contribution in [2.75, 3.05) is 19.4 Å². The number of carbonyl (C=O) groups excluding carboxylic acids is 2. The SMILES string of the molecule is CN(C)C(=O)c1cccc(NC(=O)c2ccc(S(=O)(=O)NC3CC3)cc2)c1. The Morgan fingerprint density at radius 2 is 1.67 bits per heavy atom. The van der Waals surface area contributed by atoms with Crippen LogP contribution in [0.5, 0.6) is 0 Å². The van der Waals surface area contributed by atoms with Crippen molar-refractivity contribution in [3.05, 3.63) is 59.7 Å². The van der Waals surface area contributed by atoms with E-state index in [1.165, 1.54) is 29.2 Å². The summed E-state index contributed by atoms with van der Waals surface area (Å²) in [5.74, 6) is -0.549. The van der Waals surface area contributed by atoms with Gasteiger partial charge in [0.25, 0.3) is 11.8 Å². The highest BCUT2D eigenvalue weighted by Crippen LogP contribution is 2.22. The van der Waals surface area contributed by atoms with Gasteiger partial charge in [-0.2, -0.15) is 0 Å². The van der Waals surface area contributed by atoms with E-state index in [4.69, 9.17) is 0 Å². The van der Waals surface area contributed by atoms with Crippen LogP contribution in [0, 0.1) is 0 Å². The number of anilines is 1. The molecule has 0 unspecified atom stereocenters. The molecule has 1 saturated carbocycles. The normalized spacial score (nSPS) is 13.9. The minimum absolute atomic E-state index is 0.0233. The third-order valence-corrected chi connectivity index (χ3v) is 5.64. The molecular weight excluding hydrogens is 366 g/mol. The Morgan fingerprint density at radius 1 is 1.00 bits per heavy atom. The number of nitrogens with zero attached hydrogens (tertiary/aromatic N) is 1. The molecule has 1 fully saturated rings. The summed E-state index contributed by atoms with van der Waals surface area (Å²) in [6.45, 7) is 0. The van der Waals surface area contributed by atoms with Crippen LogP contribution in [-0.4, -0.2) is 45.3 Å². The van der Waals surface area contributed by atoms with Crippen LogP contribution >= 0.6 is 0 Å². The fourth-order valence-electron chi connectivity index (χ4n) is 2.47. The van der Waals surface area contributed by atoms with Gasteiger partial charge in [-0.15, -0.1) is 0 Å². The molecule has 2 amide bonds. The lowest BCUT2D eigenvalue weighted by Gasteiger charge is -2.12. The van der Waals surface area contributed by atoms with Crippen LogP contribution < -0.4 is 10.0 Å². The molecule has 2 aromatic rings.